The number of benzene rings is 2. The van der Waals surface area contributed by atoms with E-state index in [-0.39, 0.29) is 10.2 Å². The van der Waals surface area contributed by atoms with E-state index in [9.17, 15) is 14.4 Å². The molecule has 0 saturated carbocycles. The van der Waals surface area contributed by atoms with Crippen molar-refractivity contribution in [1.82, 2.24) is 5.43 Å². The predicted molar refractivity (Wildman–Crippen MR) is 113 cm³/mol. The van der Waals surface area contributed by atoms with Crippen LogP contribution in [0.2, 0.25) is 0 Å². The van der Waals surface area contributed by atoms with Crippen molar-refractivity contribution in [2.75, 3.05) is 0 Å². The van der Waals surface area contributed by atoms with Gasteiger partial charge in [0.15, 0.2) is 5.76 Å². The molecule has 150 valence electrons. The maximum Gasteiger partial charge on any atom is 0.284 e. The van der Waals surface area contributed by atoms with Gasteiger partial charge in [-0.05, 0) is 45.8 Å². The van der Waals surface area contributed by atoms with E-state index in [1.165, 1.54) is 6.07 Å². The van der Waals surface area contributed by atoms with Gasteiger partial charge in [-0.2, -0.15) is 0 Å². The Morgan fingerprint density at radius 1 is 1.13 bits per heavy atom. The first-order valence-corrected chi connectivity index (χ1v) is 9.52. The van der Waals surface area contributed by atoms with E-state index >= 15 is 0 Å². The van der Waals surface area contributed by atoms with Gasteiger partial charge in [-0.3, -0.25) is 24.8 Å². The second-order valence-corrected chi connectivity index (χ2v) is 7.61. The van der Waals surface area contributed by atoms with Crippen molar-refractivity contribution in [3.63, 3.8) is 0 Å². The molecule has 0 aliphatic carbocycles. The number of hydrogen-bond donors (Lipinski definition) is 3. The molecule has 30 heavy (non-hydrogen) atoms. The molecule has 1 aliphatic rings. The van der Waals surface area contributed by atoms with E-state index < -0.39 is 23.1 Å². The fourth-order valence-electron chi connectivity index (χ4n) is 3.63. The van der Waals surface area contributed by atoms with Crippen LogP contribution >= 0.6 is 15.9 Å². The summed E-state index contributed by atoms with van der Waals surface area (Å²) in [4.78, 5) is 42.1. The number of furan rings is 1. The number of nitrogens with one attached hydrogen (secondary N) is 1. The third kappa shape index (κ3) is 2.78. The number of hydrazine groups is 1. The SMILES string of the molecule is C=C(Br)C(=O)C1(C(=O)NN)N=c2ccccc2=C1c1ccc2oc(C(N)=O)cc2c1. The molecule has 1 aliphatic heterocycles. The number of primary amides is 1. The summed E-state index contributed by atoms with van der Waals surface area (Å²) in [6.45, 7) is 3.63. The van der Waals surface area contributed by atoms with Crippen LogP contribution in [0, 0.1) is 0 Å². The number of carbonyl (C=O) groups is 3. The first kappa shape index (κ1) is 19.7. The van der Waals surface area contributed by atoms with Gasteiger partial charge in [-0.25, -0.2) is 5.84 Å². The molecule has 0 spiro atoms. The molecule has 0 saturated heterocycles. The molecule has 0 bridgehead atoms. The van der Waals surface area contributed by atoms with Crippen molar-refractivity contribution in [1.29, 1.82) is 0 Å². The Bertz CT molecular complexity index is 1390. The summed E-state index contributed by atoms with van der Waals surface area (Å²) in [6.07, 6.45) is 0. The molecule has 9 heteroatoms. The molecule has 1 aromatic heterocycles. The maximum atomic E-state index is 13.2. The zero-order valence-corrected chi connectivity index (χ0v) is 17.0. The lowest BCUT2D eigenvalue weighted by Gasteiger charge is -2.26. The highest BCUT2D eigenvalue weighted by Gasteiger charge is 2.52. The maximum absolute atomic E-state index is 13.2. The number of amides is 2. The van der Waals surface area contributed by atoms with Gasteiger partial charge < -0.3 is 10.2 Å². The summed E-state index contributed by atoms with van der Waals surface area (Å²) in [5.74, 6) is 3.28. The molecule has 0 radical (unpaired) electrons. The van der Waals surface area contributed by atoms with Gasteiger partial charge in [0.1, 0.15) is 5.58 Å². The number of halogens is 1. The fraction of sp³-hybridized carbons (Fsp3) is 0.0476. The van der Waals surface area contributed by atoms with Crippen LogP contribution in [0.3, 0.4) is 0 Å². The first-order chi connectivity index (χ1) is 14.3. The minimum atomic E-state index is -1.97. The minimum absolute atomic E-state index is 0.000429. The number of nitrogens with zero attached hydrogens (tertiary/aromatic N) is 1. The number of rotatable bonds is 5. The molecular formula is C21H15BrN4O4. The van der Waals surface area contributed by atoms with Crippen LogP contribution in [0.5, 0.6) is 0 Å². The Hall–Kier alpha value is -3.56. The van der Waals surface area contributed by atoms with Gasteiger partial charge in [0.05, 0.1) is 9.84 Å². The van der Waals surface area contributed by atoms with Gasteiger partial charge in [0.2, 0.25) is 11.3 Å². The van der Waals surface area contributed by atoms with Crippen molar-refractivity contribution in [3.8, 4) is 0 Å². The van der Waals surface area contributed by atoms with Crippen LogP contribution in [0.1, 0.15) is 16.1 Å². The number of carbonyl (C=O) groups excluding carboxylic acids is 3. The summed E-state index contributed by atoms with van der Waals surface area (Å²) in [5, 5.41) is 1.63. The van der Waals surface area contributed by atoms with E-state index in [1.54, 1.807) is 42.5 Å². The predicted octanol–water partition coefficient (Wildman–Crippen LogP) is 0.570. The Morgan fingerprint density at radius 3 is 2.53 bits per heavy atom. The van der Waals surface area contributed by atoms with E-state index in [0.717, 1.165) is 0 Å². The molecule has 4 rings (SSSR count). The first-order valence-electron chi connectivity index (χ1n) is 8.73. The smallest absolute Gasteiger partial charge is 0.284 e. The normalized spacial score (nSPS) is 17.3. The van der Waals surface area contributed by atoms with Crippen molar-refractivity contribution in [3.05, 3.63) is 81.5 Å². The van der Waals surface area contributed by atoms with Crippen LogP contribution in [0.4, 0.5) is 0 Å². The van der Waals surface area contributed by atoms with Gasteiger partial charge in [0, 0.05) is 16.2 Å². The molecule has 2 amide bonds. The molecule has 8 nitrogen and oxygen atoms in total. The van der Waals surface area contributed by atoms with Gasteiger partial charge in [-0.15, -0.1) is 0 Å². The van der Waals surface area contributed by atoms with Gasteiger partial charge in [-0.1, -0.05) is 30.8 Å². The number of nitrogens with two attached hydrogens (primary N) is 2. The average Bonchev–Trinajstić information content (AvgIpc) is 3.31. The highest BCUT2D eigenvalue weighted by molar-refractivity contribution is 9.12. The number of hydrogen-bond acceptors (Lipinski definition) is 6. The second-order valence-electron chi connectivity index (χ2n) is 6.65. The number of ketones is 1. The minimum Gasteiger partial charge on any atom is -0.451 e. The van der Waals surface area contributed by atoms with E-state index in [0.29, 0.717) is 32.7 Å². The molecule has 5 N–H and O–H groups in total. The average molecular weight is 467 g/mol. The largest absolute Gasteiger partial charge is 0.451 e. The Labute approximate surface area is 178 Å². The highest BCUT2D eigenvalue weighted by atomic mass is 79.9. The number of Topliss-reactive ketones (excluding diaryl/α,β-unsaturated/α-hetero) is 1. The van der Waals surface area contributed by atoms with Crippen LogP contribution in [-0.2, 0) is 9.59 Å². The highest BCUT2D eigenvalue weighted by Crippen LogP contribution is 2.36. The lowest BCUT2D eigenvalue weighted by atomic mass is 9.81. The van der Waals surface area contributed by atoms with Crippen molar-refractivity contribution in [2.24, 2.45) is 16.6 Å². The lowest BCUT2D eigenvalue weighted by Crippen LogP contribution is -2.54. The molecule has 1 atom stereocenters. The summed E-state index contributed by atoms with van der Waals surface area (Å²) in [6, 6.07) is 13.5. The molecule has 3 aromatic rings. The summed E-state index contributed by atoms with van der Waals surface area (Å²) < 4.78 is 5.40. The zero-order valence-electron chi connectivity index (χ0n) is 15.4. The van der Waals surface area contributed by atoms with Gasteiger partial charge >= 0.3 is 0 Å². The van der Waals surface area contributed by atoms with Crippen molar-refractivity contribution < 1.29 is 18.8 Å². The van der Waals surface area contributed by atoms with Crippen molar-refractivity contribution >= 4 is 50.1 Å². The van der Waals surface area contributed by atoms with Crippen LogP contribution in [0.25, 0.3) is 16.5 Å². The quantitative estimate of drug-likeness (QED) is 0.166. The van der Waals surface area contributed by atoms with Gasteiger partial charge in [0.25, 0.3) is 11.8 Å². The molecule has 0 fully saturated rings. The van der Waals surface area contributed by atoms with Crippen LogP contribution < -0.4 is 27.6 Å². The van der Waals surface area contributed by atoms with Crippen LogP contribution in [-0.4, -0.2) is 23.1 Å². The summed E-state index contributed by atoms with van der Waals surface area (Å²) >= 11 is 3.08. The standard InChI is InChI=1S/C21H15BrN4O4/c1-10(22)18(27)21(20(29)26-24)17(13-4-2-3-5-14(13)25-21)11-6-7-15-12(8-11)9-16(30-15)19(23)28/h2-9H,1,24H2,(H2,23,28)(H,26,29). The second kappa shape index (κ2) is 7.05. The third-order valence-electron chi connectivity index (χ3n) is 4.91. The summed E-state index contributed by atoms with van der Waals surface area (Å²) in [5.41, 5.74) is 6.69. The monoisotopic (exact) mass is 466 g/mol. The topological polar surface area (TPSA) is 141 Å². The van der Waals surface area contributed by atoms with E-state index in [2.05, 4.69) is 32.9 Å². The van der Waals surface area contributed by atoms with Crippen molar-refractivity contribution in [2.45, 2.75) is 5.54 Å². The lowest BCUT2D eigenvalue weighted by molar-refractivity contribution is -0.131. The Balaban J connectivity index is 2.08. The molecular weight excluding hydrogens is 452 g/mol. The Kier molecular flexibility index (Phi) is 4.64. The molecule has 2 aromatic carbocycles. The fourth-order valence-corrected chi connectivity index (χ4v) is 3.92. The Morgan fingerprint density at radius 2 is 1.87 bits per heavy atom. The zero-order chi connectivity index (χ0) is 21.6. The van der Waals surface area contributed by atoms with E-state index in [4.69, 9.17) is 16.0 Å². The molecule has 2 heterocycles. The third-order valence-corrected chi connectivity index (χ3v) is 5.27. The van der Waals surface area contributed by atoms with E-state index in [1.807, 2.05) is 0 Å². The number of para-hydroxylation sites is 1. The number of fused-ring (bicyclic) bond motifs is 2. The summed E-state index contributed by atoms with van der Waals surface area (Å²) in [7, 11) is 0. The van der Waals surface area contributed by atoms with Crippen LogP contribution in [0.15, 0.2) is 69.0 Å². The molecule has 1 unspecified atom stereocenters.